The number of carbonyl (C=O) groups excluding carboxylic acids is 1. The van der Waals surface area contributed by atoms with E-state index in [0.29, 0.717) is 12.5 Å². The number of hydrogen-bond donors (Lipinski definition) is 2. The maximum atomic E-state index is 12.4. The van der Waals surface area contributed by atoms with Crippen LogP contribution in [0.4, 0.5) is 0 Å². The Kier molecular flexibility index (Phi) is 6.28. The van der Waals surface area contributed by atoms with Crippen LogP contribution >= 0.6 is 0 Å². The Morgan fingerprint density at radius 1 is 1.42 bits per heavy atom. The second kappa shape index (κ2) is 7.48. The van der Waals surface area contributed by atoms with Crippen LogP contribution in [0.25, 0.3) is 0 Å². The Morgan fingerprint density at radius 3 is 2.63 bits per heavy atom. The fourth-order valence-electron chi connectivity index (χ4n) is 2.61. The number of hydrogen-bond acceptors (Lipinski definition) is 3. The molecule has 1 aliphatic heterocycles. The van der Waals surface area contributed by atoms with Crippen LogP contribution < -0.4 is 5.32 Å². The van der Waals surface area contributed by atoms with E-state index in [2.05, 4.69) is 12.2 Å². The molecule has 5 nitrogen and oxygen atoms in total. The van der Waals surface area contributed by atoms with Gasteiger partial charge in [-0.25, -0.2) is 0 Å². The fraction of sp³-hybridized carbons (Fsp3) is 0.857. The third-order valence-electron chi connectivity index (χ3n) is 3.61. The summed E-state index contributed by atoms with van der Waals surface area (Å²) < 4.78 is 0. The van der Waals surface area contributed by atoms with Gasteiger partial charge in [0.05, 0.1) is 6.04 Å². The molecule has 0 aliphatic carbocycles. The molecule has 5 heteroatoms. The SMILES string of the molecule is CCC1CCNC(C(=O)N(CC(=O)O)CC(C)C)C1. The number of carboxylic acids is 1. The van der Waals surface area contributed by atoms with E-state index in [1.54, 1.807) is 0 Å². The van der Waals surface area contributed by atoms with Crippen molar-refractivity contribution in [3.63, 3.8) is 0 Å². The molecule has 1 fully saturated rings. The lowest BCUT2D eigenvalue weighted by atomic mass is 9.90. The number of piperidine rings is 1. The number of nitrogens with one attached hydrogen (secondary N) is 1. The quantitative estimate of drug-likeness (QED) is 0.764. The number of amides is 1. The summed E-state index contributed by atoms with van der Waals surface area (Å²) in [5.41, 5.74) is 0. The van der Waals surface area contributed by atoms with Gasteiger partial charge in [0.1, 0.15) is 6.54 Å². The Morgan fingerprint density at radius 2 is 2.11 bits per heavy atom. The van der Waals surface area contributed by atoms with Crippen LogP contribution in [0.2, 0.25) is 0 Å². The molecule has 1 rings (SSSR count). The van der Waals surface area contributed by atoms with Crippen LogP contribution in [0.3, 0.4) is 0 Å². The largest absolute Gasteiger partial charge is 0.480 e. The van der Waals surface area contributed by atoms with E-state index in [4.69, 9.17) is 5.11 Å². The van der Waals surface area contributed by atoms with Gasteiger partial charge in [0, 0.05) is 6.54 Å². The van der Waals surface area contributed by atoms with Gasteiger partial charge < -0.3 is 15.3 Å². The molecule has 0 aromatic carbocycles. The molecule has 2 unspecified atom stereocenters. The molecule has 19 heavy (non-hydrogen) atoms. The Balaban J connectivity index is 2.66. The van der Waals surface area contributed by atoms with Gasteiger partial charge >= 0.3 is 5.97 Å². The smallest absolute Gasteiger partial charge is 0.323 e. The van der Waals surface area contributed by atoms with Crippen molar-refractivity contribution < 1.29 is 14.7 Å². The molecule has 1 saturated heterocycles. The van der Waals surface area contributed by atoms with Gasteiger partial charge in [-0.15, -0.1) is 0 Å². The highest BCUT2D eigenvalue weighted by atomic mass is 16.4. The zero-order valence-corrected chi connectivity index (χ0v) is 12.2. The van der Waals surface area contributed by atoms with Crippen LogP contribution in [0.1, 0.15) is 40.0 Å². The van der Waals surface area contributed by atoms with Crippen LogP contribution in [0, 0.1) is 11.8 Å². The molecular formula is C14H26N2O3. The lowest BCUT2D eigenvalue weighted by molar-refractivity contribution is -0.146. The van der Waals surface area contributed by atoms with Crippen molar-refractivity contribution >= 4 is 11.9 Å². The van der Waals surface area contributed by atoms with Crippen LogP contribution in [-0.4, -0.2) is 47.6 Å². The normalized spacial score (nSPS) is 23.4. The van der Waals surface area contributed by atoms with Gasteiger partial charge in [-0.1, -0.05) is 27.2 Å². The average molecular weight is 270 g/mol. The van der Waals surface area contributed by atoms with E-state index in [0.717, 1.165) is 25.8 Å². The van der Waals surface area contributed by atoms with E-state index in [1.807, 2.05) is 13.8 Å². The van der Waals surface area contributed by atoms with Crippen LogP contribution in [-0.2, 0) is 9.59 Å². The van der Waals surface area contributed by atoms with E-state index in [9.17, 15) is 9.59 Å². The Bertz CT molecular complexity index is 318. The zero-order valence-electron chi connectivity index (χ0n) is 12.2. The maximum absolute atomic E-state index is 12.4. The lowest BCUT2D eigenvalue weighted by Crippen LogP contribution is -2.52. The van der Waals surface area contributed by atoms with Crippen molar-refractivity contribution in [2.75, 3.05) is 19.6 Å². The van der Waals surface area contributed by atoms with Gasteiger partial charge in [0.15, 0.2) is 0 Å². The first-order valence-corrected chi connectivity index (χ1v) is 7.18. The van der Waals surface area contributed by atoms with Crippen LogP contribution in [0.5, 0.6) is 0 Å². The van der Waals surface area contributed by atoms with Gasteiger partial charge in [0.2, 0.25) is 5.91 Å². The second-order valence-corrected chi connectivity index (χ2v) is 5.81. The van der Waals surface area contributed by atoms with Crippen molar-refractivity contribution in [1.29, 1.82) is 0 Å². The standard InChI is InChI=1S/C14H26N2O3/c1-4-11-5-6-15-12(7-11)14(19)16(8-10(2)3)9-13(17)18/h10-12,15H,4-9H2,1-3H3,(H,17,18). The monoisotopic (exact) mass is 270 g/mol. The minimum Gasteiger partial charge on any atom is -0.480 e. The summed E-state index contributed by atoms with van der Waals surface area (Å²) in [4.78, 5) is 24.8. The molecule has 1 amide bonds. The summed E-state index contributed by atoms with van der Waals surface area (Å²) in [5.74, 6) is -0.166. The molecule has 1 heterocycles. The van der Waals surface area contributed by atoms with Gasteiger partial charge in [-0.05, 0) is 31.2 Å². The van der Waals surface area contributed by atoms with E-state index < -0.39 is 5.97 Å². The molecule has 0 radical (unpaired) electrons. The molecule has 110 valence electrons. The summed E-state index contributed by atoms with van der Waals surface area (Å²) in [6, 6.07) is -0.211. The fourth-order valence-corrected chi connectivity index (χ4v) is 2.61. The van der Waals surface area contributed by atoms with Crippen molar-refractivity contribution in [2.24, 2.45) is 11.8 Å². The number of carbonyl (C=O) groups is 2. The molecule has 0 saturated carbocycles. The summed E-state index contributed by atoms with van der Waals surface area (Å²) in [6.45, 7) is 7.26. The number of carboxylic acid groups (broad SMARTS) is 1. The first-order valence-electron chi connectivity index (χ1n) is 7.18. The van der Waals surface area contributed by atoms with Gasteiger partial charge in [-0.3, -0.25) is 9.59 Å². The third kappa shape index (κ3) is 5.19. The van der Waals surface area contributed by atoms with Gasteiger partial charge in [0.25, 0.3) is 0 Å². The highest BCUT2D eigenvalue weighted by molar-refractivity contribution is 5.85. The Hall–Kier alpha value is -1.10. The van der Waals surface area contributed by atoms with Gasteiger partial charge in [-0.2, -0.15) is 0 Å². The van der Waals surface area contributed by atoms with Crippen LogP contribution in [0.15, 0.2) is 0 Å². The van der Waals surface area contributed by atoms with Crippen molar-refractivity contribution in [3.8, 4) is 0 Å². The summed E-state index contributed by atoms with van der Waals surface area (Å²) in [6.07, 6.45) is 3.00. The van der Waals surface area contributed by atoms with Crippen molar-refractivity contribution in [1.82, 2.24) is 10.2 Å². The number of rotatable bonds is 6. The molecular weight excluding hydrogens is 244 g/mol. The molecule has 0 aromatic heterocycles. The molecule has 0 aromatic rings. The summed E-state index contributed by atoms with van der Waals surface area (Å²) >= 11 is 0. The average Bonchev–Trinajstić information content (AvgIpc) is 2.36. The van der Waals surface area contributed by atoms with Crippen molar-refractivity contribution in [2.45, 2.75) is 46.1 Å². The second-order valence-electron chi connectivity index (χ2n) is 5.81. The first kappa shape index (κ1) is 16.0. The predicted octanol–water partition coefficient (Wildman–Crippen LogP) is 1.33. The topological polar surface area (TPSA) is 69.6 Å². The maximum Gasteiger partial charge on any atom is 0.323 e. The molecule has 0 bridgehead atoms. The van der Waals surface area contributed by atoms with E-state index >= 15 is 0 Å². The van der Waals surface area contributed by atoms with E-state index in [-0.39, 0.29) is 24.4 Å². The molecule has 1 aliphatic rings. The Labute approximate surface area is 115 Å². The number of nitrogens with zero attached hydrogens (tertiary/aromatic N) is 1. The zero-order chi connectivity index (χ0) is 14.4. The summed E-state index contributed by atoms with van der Waals surface area (Å²) in [5, 5.41) is 12.2. The molecule has 0 spiro atoms. The lowest BCUT2D eigenvalue weighted by Gasteiger charge is -2.33. The highest BCUT2D eigenvalue weighted by Gasteiger charge is 2.30. The summed E-state index contributed by atoms with van der Waals surface area (Å²) in [7, 11) is 0. The van der Waals surface area contributed by atoms with Crippen molar-refractivity contribution in [3.05, 3.63) is 0 Å². The minimum atomic E-state index is -0.947. The number of aliphatic carboxylic acids is 1. The predicted molar refractivity (Wildman–Crippen MR) is 73.9 cm³/mol. The first-order chi connectivity index (χ1) is 8.93. The highest BCUT2D eigenvalue weighted by Crippen LogP contribution is 2.20. The molecule has 2 N–H and O–H groups in total. The third-order valence-corrected chi connectivity index (χ3v) is 3.61. The minimum absolute atomic E-state index is 0.0609. The van der Waals surface area contributed by atoms with E-state index in [1.165, 1.54) is 4.90 Å². The molecule has 2 atom stereocenters.